The second-order valence-corrected chi connectivity index (χ2v) is 7.21. The lowest BCUT2D eigenvalue weighted by Crippen LogP contribution is -2.41. The van der Waals surface area contributed by atoms with Crippen LogP contribution in [0.15, 0.2) is 30.3 Å². The highest BCUT2D eigenvalue weighted by atomic mass is 16.2. The number of carbonyl (C=O) groups excluding carboxylic acids is 2. The van der Waals surface area contributed by atoms with E-state index < -0.39 is 0 Å². The van der Waals surface area contributed by atoms with Crippen LogP contribution >= 0.6 is 0 Å². The molecule has 1 rings (SSSR count). The van der Waals surface area contributed by atoms with E-state index in [1.807, 2.05) is 65.2 Å². The van der Waals surface area contributed by atoms with Crippen LogP contribution in [0.25, 0.3) is 0 Å². The molecule has 0 heterocycles. The average Bonchev–Trinajstić information content (AvgIpc) is 2.44. The maximum absolute atomic E-state index is 11.9. The number of carbonyl (C=O) groups is 2. The maximum Gasteiger partial charge on any atom is 0.239 e. The monoisotopic (exact) mass is 319 g/mol. The van der Waals surface area contributed by atoms with Crippen LogP contribution in [0, 0.1) is 5.41 Å². The Morgan fingerprint density at radius 1 is 1.04 bits per heavy atom. The molecule has 0 aliphatic heterocycles. The number of nitrogens with zero attached hydrogens (tertiary/aromatic N) is 1. The number of amides is 2. The van der Waals surface area contributed by atoms with Crippen LogP contribution < -0.4 is 10.6 Å². The third-order valence-corrected chi connectivity index (χ3v) is 3.44. The summed E-state index contributed by atoms with van der Waals surface area (Å²) in [6, 6.07) is 10.1. The Hall–Kier alpha value is -1.88. The highest BCUT2D eigenvalue weighted by Gasteiger charge is 2.17. The Morgan fingerprint density at radius 3 is 2.17 bits per heavy atom. The minimum atomic E-state index is -0.171. The van der Waals surface area contributed by atoms with Crippen molar-refractivity contribution in [2.24, 2.45) is 5.41 Å². The van der Waals surface area contributed by atoms with Crippen molar-refractivity contribution < 1.29 is 9.59 Å². The van der Waals surface area contributed by atoms with E-state index in [2.05, 4.69) is 15.5 Å². The molecule has 0 spiro atoms. The summed E-state index contributed by atoms with van der Waals surface area (Å²) in [6.07, 6.45) is 0.407. The highest BCUT2D eigenvalue weighted by molar-refractivity contribution is 5.84. The van der Waals surface area contributed by atoms with Gasteiger partial charge in [-0.2, -0.15) is 0 Å². The van der Waals surface area contributed by atoms with Crippen molar-refractivity contribution in [3.8, 4) is 0 Å². The van der Waals surface area contributed by atoms with Gasteiger partial charge in [0.15, 0.2) is 0 Å². The summed E-state index contributed by atoms with van der Waals surface area (Å²) >= 11 is 0. The minimum absolute atomic E-state index is 0.0177. The van der Waals surface area contributed by atoms with E-state index in [0.717, 1.165) is 5.56 Å². The summed E-state index contributed by atoms with van der Waals surface area (Å²) in [6.45, 7) is 6.51. The molecule has 0 saturated carbocycles. The molecule has 0 bridgehead atoms. The average molecular weight is 319 g/mol. The highest BCUT2D eigenvalue weighted by Crippen LogP contribution is 2.18. The molecule has 0 aromatic heterocycles. The number of hydrogen-bond acceptors (Lipinski definition) is 3. The van der Waals surface area contributed by atoms with Gasteiger partial charge in [-0.15, -0.1) is 0 Å². The topological polar surface area (TPSA) is 61.4 Å². The van der Waals surface area contributed by atoms with E-state index in [1.165, 1.54) is 0 Å². The normalized spacial score (nSPS) is 12.8. The Bertz CT molecular complexity index is 507. The van der Waals surface area contributed by atoms with Gasteiger partial charge in [0, 0.05) is 13.0 Å². The van der Waals surface area contributed by atoms with Crippen LogP contribution in [0.2, 0.25) is 0 Å². The first kappa shape index (κ1) is 19.2. The third-order valence-electron chi connectivity index (χ3n) is 3.44. The van der Waals surface area contributed by atoms with Crippen LogP contribution in [-0.4, -0.2) is 43.9 Å². The maximum atomic E-state index is 11.9. The van der Waals surface area contributed by atoms with Crippen LogP contribution in [0.5, 0.6) is 0 Å². The van der Waals surface area contributed by atoms with Gasteiger partial charge in [-0.1, -0.05) is 51.1 Å². The minimum Gasteiger partial charge on any atom is -0.353 e. The molecule has 0 aliphatic carbocycles. The molecule has 0 aliphatic rings. The van der Waals surface area contributed by atoms with Gasteiger partial charge in [0.05, 0.1) is 12.6 Å². The molecule has 1 atom stereocenters. The number of rotatable bonds is 7. The molecular weight excluding hydrogens is 290 g/mol. The van der Waals surface area contributed by atoms with Gasteiger partial charge in [0.25, 0.3) is 0 Å². The summed E-state index contributed by atoms with van der Waals surface area (Å²) in [4.78, 5) is 25.7. The van der Waals surface area contributed by atoms with Gasteiger partial charge >= 0.3 is 0 Å². The first-order chi connectivity index (χ1) is 10.7. The molecule has 23 heavy (non-hydrogen) atoms. The van der Waals surface area contributed by atoms with E-state index in [1.54, 1.807) is 0 Å². The second-order valence-electron chi connectivity index (χ2n) is 7.21. The standard InChI is InChI=1S/C18H29N3O2/c1-18(2,3)11-16(22)20-13-17(23)19-12-15(21(4)5)14-9-7-6-8-10-14/h6-10,15H,11-13H2,1-5H3,(H,19,23)(H,20,22). The van der Waals surface area contributed by atoms with Crippen LogP contribution in [-0.2, 0) is 9.59 Å². The Labute approximate surface area is 139 Å². The van der Waals surface area contributed by atoms with Crippen molar-refractivity contribution in [3.63, 3.8) is 0 Å². The zero-order valence-corrected chi connectivity index (χ0v) is 14.8. The summed E-state index contributed by atoms with van der Waals surface area (Å²) in [5, 5.41) is 5.55. The van der Waals surface area contributed by atoms with Crippen LogP contribution in [0.4, 0.5) is 0 Å². The summed E-state index contributed by atoms with van der Waals surface area (Å²) < 4.78 is 0. The Morgan fingerprint density at radius 2 is 1.65 bits per heavy atom. The Balaban J connectivity index is 2.43. The summed E-state index contributed by atoms with van der Waals surface area (Å²) in [5.74, 6) is -0.269. The molecule has 128 valence electrons. The van der Waals surface area contributed by atoms with Crippen molar-refractivity contribution in [2.75, 3.05) is 27.2 Å². The smallest absolute Gasteiger partial charge is 0.239 e. The fourth-order valence-electron chi connectivity index (χ4n) is 2.27. The zero-order chi connectivity index (χ0) is 17.5. The quantitative estimate of drug-likeness (QED) is 0.807. The molecule has 0 radical (unpaired) electrons. The van der Waals surface area contributed by atoms with Gasteiger partial charge in [-0.25, -0.2) is 0 Å². The van der Waals surface area contributed by atoms with Gasteiger partial charge < -0.3 is 15.5 Å². The van der Waals surface area contributed by atoms with Crippen LogP contribution in [0.3, 0.4) is 0 Å². The van der Waals surface area contributed by atoms with E-state index in [-0.39, 0.29) is 29.8 Å². The van der Waals surface area contributed by atoms with E-state index >= 15 is 0 Å². The molecule has 1 unspecified atom stereocenters. The fourth-order valence-corrected chi connectivity index (χ4v) is 2.27. The Kier molecular flexibility index (Phi) is 7.23. The lowest BCUT2D eigenvalue weighted by Gasteiger charge is -2.25. The largest absolute Gasteiger partial charge is 0.353 e. The molecule has 5 heteroatoms. The fraction of sp³-hybridized carbons (Fsp3) is 0.556. The van der Waals surface area contributed by atoms with Gasteiger partial charge in [0.1, 0.15) is 0 Å². The van der Waals surface area contributed by atoms with Gasteiger partial charge in [-0.05, 0) is 25.1 Å². The van der Waals surface area contributed by atoms with Gasteiger partial charge in [-0.3, -0.25) is 9.59 Å². The summed E-state index contributed by atoms with van der Waals surface area (Å²) in [7, 11) is 3.96. The summed E-state index contributed by atoms with van der Waals surface area (Å²) in [5.41, 5.74) is 1.07. The van der Waals surface area contributed by atoms with E-state index in [4.69, 9.17) is 0 Å². The number of hydrogen-bond donors (Lipinski definition) is 2. The predicted octanol–water partition coefficient (Wildman–Crippen LogP) is 1.96. The molecule has 5 nitrogen and oxygen atoms in total. The van der Waals surface area contributed by atoms with Crippen molar-refractivity contribution >= 4 is 11.8 Å². The SMILES string of the molecule is CN(C)C(CNC(=O)CNC(=O)CC(C)(C)C)c1ccccc1. The molecule has 0 fully saturated rings. The first-order valence-electron chi connectivity index (χ1n) is 7.94. The molecule has 1 aromatic carbocycles. The molecule has 0 saturated heterocycles. The van der Waals surface area contributed by atoms with Crippen molar-refractivity contribution in [1.82, 2.24) is 15.5 Å². The van der Waals surface area contributed by atoms with Crippen molar-refractivity contribution in [3.05, 3.63) is 35.9 Å². The third kappa shape index (κ3) is 7.79. The molecule has 1 aromatic rings. The number of likely N-dealkylation sites (N-methyl/N-ethyl adjacent to an activating group) is 1. The van der Waals surface area contributed by atoms with E-state index in [9.17, 15) is 9.59 Å². The van der Waals surface area contributed by atoms with E-state index in [0.29, 0.717) is 13.0 Å². The van der Waals surface area contributed by atoms with Crippen molar-refractivity contribution in [2.45, 2.75) is 33.2 Å². The van der Waals surface area contributed by atoms with Crippen LogP contribution in [0.1, 0.15) is 38.8 Å². The number of benzene rings is 1. The molecule has 2 N–H and O–H groups in total. The van der Waals surface area contributed by atoms with Crippen molar-refractivity contribution in [1.29, 1.82) is 0 Å². The molecular formula is C18H29N3O2. The second kappa shape index (κ2) is 8.67. The predicted molar refractivity (Wildman–Crippen MR) is 93.0 cm³/mol. The lowest BCUT2D eigenvalue weighted by molar-refractivity contribution is -0.127. The first-order valence-corrected chi connectivity index (χ1v) is 7.94. The molecule has 2 amide bonds. The van der Waals surface area contributed by atoms with Gasteiger partial charge in [0.2, 0.25) is 11.8 Å². The lowest BCUT2D eigenvalue weighted by atomic mass is 9.92. The number of nitrogens with one attached hydrogen (secondary N) is 2. The zero-order valence-electron chi connectivity index (χ0n) is 14.8.